The van der Waals surface area contributed by atoms with Crippen LogP contribution in [-0.2, 0) is 9.13 Å². The van der Waals surface area contributed by atoms with Gasteiger partial charge in [-0.15, -0.1) is 0 Å². The van der Waals surface area contributed by atoms with Crippen molar-refractivity contribution in [3.8, 4) is 0 Å². The number of H-pyrrole nitrogens is 1. The van der Waals surface area contributed by atoms with Gasteiger partial charge in [-0.3, -0.25) is 9.13 Å². The van der Waals surface area contributed by atoms with Gasteiger partial charge >= 0.3 is 15.2 Å². The number of rotatable bonds is 4. The van der Waals surface area contributed by atoms with Crippen LogP contribution < -0.4 is 0 Å². The van der Waals surface area contributed by atoms with Crippen LogP contribution in [0.5, 0.6) is 0 Å². The van der Waals surface area contributed by atoms with Crippen molar-refractivity contribution < 1.29 is 33.8 Å². The maximum absolute atomic E-state index is 10.9. The van der Waals surface area contributed by atoms with Gasteiger partial charge in [0.2, 0.25) is 0 Å². The lowest BCUT2D eigenvalue weighted by atomic mass is 10.4. The zero-order chi connectivity index (χ0) is 12.6. The average molecular weight is 272 g/mol. The zero-order valence-electron chi connectivity index (χ0n) is 7.70. The molecule has 92 valence electrons. The molecule has 0 radical (unpaired) electrons. The lowest BCUT2D eigenvalue weighted by Crippen LogP contribution is -2.20. The number of hydrogen-bond donors (Lipinski definition) is 6. The fourth-order valence-corrected chi connectivity index (χ4v) is 3.73. The Labute approximate surface area is 89.5 Å². The highest BCUT2D eigenvalue weighted by molar-refractivity contribution is 7.70. The molecule has 1 heterocycles. The normalized spacial score (nSPS) is 15.4. The van der Waals surface area contributed by atoms with Crippen molar-refractivity contribution in [3.05, 3.63) is 18.2 Å². The largest absolute Gasteiger partial charge is 0.383 e. The van der Waals surface area contributed by atoms with E-state index >= 15 is 0 Å². The molecule has 1 rings (SSSR count). The topological polar surface area (TPSA) is 164 Å². The minimum absolute atomic E-state index is 0.323. The number of aromatic amines is 1. The molecule has 11 heteroatoms. The van der Waals surface area contributed by atoms with E-state index in [4.69, 9.17) is 19.6 Å². The van der Waals surface area contributed by atoms with Crippen LogP contribution in [0.1, 0.15) is 11.9 Å². The second kappa shape index (κ2) is 4.38. The average Bonchev–Trinajstić information content (AvgIpc) is 2.48. The number of nitrogens with zero attached hydrogens (tertiary/aromatic N) is 1. The highest BCUT2D eigenvalue weighted by Crippen LogP contribution is 2.63. The van der Waals surface area contributed by atoms with E-state index in [1.54, 1.807) is 0 Å². The second-order valence-electron chi connectivity index (χ2n) is 3.01. The summed E-state index contributed by atoms with van der Waals surface area (Å²) in [5, 5.41) is 6.94. The van der Waals surface area contributed by atoms with E-state index < -0.39 is 26.7 Å². The Hall–Kier alpha value is -0.530. The molecule has 0 saturated heterocycles. The van der Waals surface area contributed by atoms with Crippen molar-refractivity contribution in [2.24, 2.45) is 0 Å². The monoisotopic (exact) mass is 272 g/mol. The molecule has 1 atom stereocenters. The van der Waals surface area contributed by atoms with Crippen LogP contribution in [-0.4, -0.2) is 40.0 Å². The van der Waals surface area contributed by atoms with Crippen molar-refractivity contribution in [2.45, 2.75) is 11.5 Å². The molecule has 0 aliphatic carbocycles. The molecule has 0 bridgehead atoms. The van der Waals surface area contributed by atoms with Gasteiger partial charge in [0.25, 0.3) is 0 Å². The van der Waals surface area contributed by atoms with Gasteiger partial charge in [0.05, 0.1) is 0 Å². The Bertz CT molecular complexity index is 412. The zero-order valence-corrected chi connectivity index (χ0v) is 9.49. The van der Waals surface area contributed by atoms with Crippen molar-refractivity contribution in [1.82, 2.24) is 9.97 Å². The van der Waals surface area contributed by atoms with Gasteiger partial charge in [0.1, 0.15) is 11.9 Å². The first-order valence-corrected chi connectivity index (χ1v) is 7.28. The molecule has 1 unspecified atom stereocenters. The molecule has 1 aromatic heterocycles. The SMILES string of the molecule is O=P(O)(O)C(C(O)c1ncc[nH]1)P(=O)(O)O. The summed E-state index contributed by atoms with van der Waals surface area (Å²) < 4.78 is 21.8. The summed E-state index contributed by atoms with van der Waals surface area (Å²) >= 11 is 0. The van der Waals surface area contributed by atoms with E-state index in [-0.39, 0.29) is 5.82 Å². The summed E-state index contributed by atoms with van der Waals surface area (Å²) in [6, 6.07) is 0. The van der Waals surface area contributed by atoms with E-state index in [0.717, 1.165) is 0 Å². The molecule has 1 aromatic rings. The molecule has 0 saturated carbocycles. The van der Waals surface area contributed by atoms with Crippen LogP contribution in [0.25, 0.3) is 0 Å². The number of aromatic nitrogens is 2. The van der Waals surface area contributed by atoms with Gasteiger partial charge < -0.3 is 29.7 Å². The Morgan fingerprint density at radius 1 is 1.19 bits per heavy atom. The van der Waals surface area contributed by atoms with Crippen molar-refractivity contribution >= 4 is 15.2 Å². The second-order valence-corrected chi connectivity index (χ2v) is 6.89. The lowest BCUT2D eigenvalue weighted by molar-refractivity contribution is 0.161. The molecule has 0 aromatic carbocycles. The molecular formula is C5H10N2O7P2. The van der Waals surface area contributed by atoms with Gasteiger partial charge in [-0.05, 0) is 0 Å². The third-order valence-electron chi connectivity index (χ3n) is 1.77. The quantitative estimate of drug-likeness (QED) is 0.385. The third kappa shape index (κ3) is 2.99. The van der Waals surface area contributed by atoms with E-state index in [1.165, 1.54) is 12.4 Å². The Morgan fingerprint density at radius 2 is 1.69 bits per heavy atom. The van der Waals surface area contributed by atoms with E-state index in [2.05, 4.69) is 9.97 Å². The standard InChI is InChI=1S/C5H10N2O7P2/c8-3(4-6-1-2-7-4)5(15(9,10)11)16(12,13)14/h1-3,5,8H,(H,6,7)(H2,9,10,11)(H2,12,13,14). The van der Waals surface area contributed by atoms with E-state index in [9.17, 15) is 14.2 Å². The number of hydrogen-bond acceptors (Lipinski definition) is 4. The van der Waals surface area contributed by atoms with Gasteiger partial charge in [-0.2, -0.15) is 0 Å². The van der Waals surface area contributed by atoms with Gasteiger partial charge in [-0.1, -0.05) is 0 Å². The summed E-state index contributed by atoms with van der Waals surface area (Å²) in [6.45, 7) is 0. The van der Waals surface area contributed by atoms with Crippen molar-refractivity contribution in [3.63, 3.8) is 0 Å². The smallest absolute Gasteiger partial charge is 0.343 e. The first kappa shape index (κ1) is 13.5. The highest BCUT2D eigenvalue weighted by Gasteiger charge is 2.49. The summed E-state index contributed by atoms with van der Waals surface area (Å²) in [6.07, 6.45) is 0.348. The fraction of sp³-hybridized carbons (Fsp3) is 0.400. The van der Waals surface area contributed by atoms with E-state index in [0.29, 0.717) is 0 Å². The maximum Gasteiger partial charge on any atom is 0.343 e. The molecule has 0 fully saturated rings. The van der Waals surface area contributed by atoms with Gasteiger partial charge in [0, 0.05) is 12.4 Å². The first-order valence-electron chi connectivity index (χ1n) is 3.92. The summed E-state index contributed by atoms with van der Waals surface area (Å²) in [5.74, 6) is -0.323. The summed E-state index contributed by atoms with van der Waals surface area (Å²) in [4.78, 5) is 41.0. The number of imidazole rings is 1. The van der Waals surface area contributed by atoms with Crippen molar-refractivity contribution in [1.29, 1.82) is 0 Å². The van der Waals surface area contributed by atoms with Crippen LogP contribution in [0.15, 0.2) is 12.4 Å². The van der Waals surface area contributed by atoms with Crippen LogP contribution >= 0.6 is 15.2 Å². The number of aliphatic hydroxyl groups is 1. The van der Waals surface area contributed by atoms with E-state index in [1.807, 2.05) is 0 Å². The molecule has 0 aliphatic rings. The summed E-state index contributed by atoms with van der Waals surface area (Å²) in [7, 11) is -10.3. The third-order valence-corrected chi connectivity index (χ3v) is 5.52. The first-order chi connectivity index (χ1) is 7.14. The van der Waals surface area contributed by atoms with Gasteiger partial charge in [-0.25, -0.2) is 4.98 Å². The molecule has 0 spiro atoms. The Morgan fingerprint density at radius 3 is 2.00 bits per heavy atom. The molecule has 0 amide bonds. The minimum Gasteiger partial charge on any atom is -0.383 e. The predicted octanol–water partition coefficient (Wildman–Crippen LogP) is -0.875. The maximum atomic E-state index is 10.9. The minimum atomic E-state index is -5.17. The predicted molar refractivity (Wildman–Crippen MR) is 51.4 cm³/mol. The number of aliphatic hydroxyl groups excluding tert-OH is 1. The number of nitrogens with one attached hydrogen (secondary N) is 1. The molecular weight excluding hydrogens is 262 g/mol. The van der Waals surface area contributed by atoms with Crippen molar-refractivity contribution in [2.75, 3.05) is 0 Å². The van der Waals surface area contributed by atoms with Crippen LogP contribution in [0.2, 0.25) is 0 Å². The van der Waals surface area contributed by atoms with Crippen LogP contribution in [0.3, 0.4) is 0 Å². The molecule has 9 nitrogen and oxygen atoms in total. The Kier molecular flexibility index (Phi) is 3.71. The molecule has 6 N–H and O–H groups in total. The fourth-order valence-electron chi connectivity index (χ4n) is 1.14. The van der Waals surface area contributed by atoms with Crippen LogP contribution in [0, 0.1) is 0 Å². The summed E-state index contributed by atoms with van der Waals surface area (Å²) in [5.41, 5.74) is 0. The molecule has 0 aliphatic heterocycles. The lowest BCUT2D eigenvalue weighted by Gasteiger charge is -2.22. The van der Waals surface area contributed by atoms with Gasteiger partial charge in [0.15, 0.2) is 5.40 Å². The van der Waals surface area contributed by atoms with Crippen LogP contribution in [0.4, 0.5) is 0 Å². The molecule has 16 heavy (non-hydrogen) atoms. The highest BCUT2D eigenvalue weighted by atomic mass is 31.2. The Balaban J connectivity index is 3.14.